The molecule has 1 amide bonds. The third-order valence-electron chi connectivity index (χ3n) is 5.40. The first-order valence-electron chi connectivity index (χ1n) is 10.9. The Labute approximate surface area is 192 Å². The molecule has 0 N–H and O–H groups in total. The first kappa shape index (κ1) is 22.2. The molecule has 0 bridgehead atoms. The molecule has 0 unspecified atom stereocenters. The lowest BCUT2D eigenvalue weighted by Crippen LogP contribution is -2.49. The highest BCUT2D eigenvalue weighted by Gasteiger charge is 2.22. The van der Waals surface area contributed by atoms with Gasteiger partial charge in [0.05, 0.1) is 23.5 Å². The van der Waals surface area contributed by atoms with Crippen molar-refractivity contribution in [3.8, 4) is 11.5 Å². The summed E-state index contributed by atoms with van der Waals surface area (Å²) in [5.74, 6) is 1.32. The predicted molar refractivity (Wildman–Crippen MR) is 124 cm³/mol. The minimum absolute atomic E-state index is 0.285. The van der Waals surface area contributed by atoms with Crippen LogP contribution in [0.4, 0.5) is 4.79 Å². The molecule has 3 aromatic rings. The number of hydrogen-bond donors (Lipinski definition) is 0. The fraction of sp³-hybridized carbons (Fsp3) is 0.375. The van der Waals surface area contributed by atoms with Crippen molar-refractivity contribution < 1.29 is 14.3 Å². The molecule has 32 heavy (non-hydrogen) atoms. The summed E-state index contributed by atoms with van der Waals surface area (Å²) in [6.07, 6.45) is 4.86. The summed E-state index contributed by atoms with van der Waals surface area (Å²) >= 11 is 1.69. The fourth-order valence-corrected chi connectivity index (χ4v) is 4.21. The number of benzene rings is 1. The smallest absolute Gasteiger partial charge is 0.415 e. The molecule has 0 spiro atoms. The second kappa shape index (κ2) is 11.1. The number of aromatic nitrogens is 2. The molecule has 0 atom stereocenters. The van der Waals surface area contributed by atoms with Crippen LogP contribution in [0.2, 0.25) is 0 Å². The molecular weight excluding hydrogens is 424 g/mol. The van der Waals surface area contributed by atoms with Crippen LogP contribution in [-0.2, 0) is 12.8 Å². The number of rotatable bonds is 8. The monoisotopic (exact) mass is 452 g/mol. The van der Waals surface area contributed by atoms with Gasteiger partial charge in [-0.2, -0.15) is 0 Å². The molecule has 0 radical (unpaired) electrons. The molecule has 1 aliphatic heterocycles. The molecule has 1 aliphatic rings. The van der Waals surface area contributed by atoms with Crippen molar-refractivity contribution >= 4 is 17.4 Å². The molecule has 4 rings (SSSR count). The van der Waals surface area contributed by atoms with E-state index in [1.165, 1.54) is 0 Å². The first-order valence-corrected chi connectivity index (χ1v) is 11.8. The maximum absolute atomic E-state index is 12.5. The van der Waals surface area contributed by atoms with E-state index in [0.717, 1.165) is 54.5 Å². The predicted octanol–water partition coefficient (Wildman–Crippen LogP) is 3.83. The van der Waals surface area contributed by atoms with Gasteiger partial charge >= 0.3 is 6.09 Å². The highest BCUT2D eigenvalue weighted by atomic mass is 32.1. The molecule has 0 aliphatic carbocycles. The third-order valence-corrected chi connectivity index (χ3v) is 6.23. The maximum atomic E-state index is 12.5. The normalized spacial score (nSPS) is 14.3. The second-order valence-corrected chi connectivity index (χ2v) is 8.80. The molecule has 168 valence electrons. The van der Waals surface area contributed by atoms with E-state index in [9.17, 15) is 4.79 Å². The SMILES string of the molecule is Cc1nc(CCN2CCN(C(=O)Oc3ccc(CCOc4cccnc4)cc3)CC2)cs1. The van der Waals surface area contributed by atoms with Crippen molar-refractivity contribution in [3.63, 3.8) is 0 Å². The van der Waals surface area contributed by atoms with Crippen LogP contribution in [0.3, 0.4) is 0 Å². The Morgan fingerprint density at radius 3 is 2.56 bits per heavy atom. The van der Waals surface area contributed by atoms with Gasteiger partial charge in [0.15, 0.2) is 0 Å². The zero-order valence-corrected chi connectivity index (χ0v) is 19.1. The van der Waals surface area contributed by atoms with Gasteiger partial charge in [-0.3, -0.25) is 9.88 Å². The summed E-state index contributed by atoms with van der Waals surface area (Å²) in [5.41, 5.74) is 2.28. The number of pyridine rings is 1. The van der Waals surface area contributed by atoms with Crippen molar-refractivity contribution in [1.82, 2.24) is 19.8 Å². The van der Waals surface area contributed by atoms with Crippen LogP contribution in [-0.4, -0.2) is 65.2 Å². The Morgan fingerprint density at radius 1 is 1.06 bits per heavy atom. The average Bonchev–Trinajstić information content (AvgIpc) is 3.25. The van der Waals surface area contributed by atoms with Gasteiger partial charge < -0.3 is 14.4 Å². The summed E-state index contributed by atoms with van der Waals surface area (Å²) in [7, 11) is 0. The van der Waals surface area contributed by atoms with E-state index in [0.29, 0.717) is 25.4 Å². The summed E-state index contributed by atoms with van der Waals surface area (Å²) in [6, 6.07) is 11.3. The van der Waals surface area contributed by atoms with Crippen LogP contribution >= 0.6 is 11.3 Å². The molecule has 2 aromatic heterocycles. The summed E-state index contributed by atoms with van der Waals surface area (Å²) in [6.45, 7) is 6.64. The highest BCUT2D eigenvalue weighted by molar-refractivity contribution is 7.09. The molecule has 1 aromatic carbocycles. The van der Waals surface area contributed by atoms with Crippen LogP contribution in [0.5, 0.6) is 11.5 Å². The number of thiazole rings is 1. The standard InChI is InChI=1S/C24H28N4O3S/c1-19-26-21(18-32-19)8-11-27-12-14-28(15-13-27)24(29)31-22-6-4-20(5-7-22)9-16-30-23-3-2-10-25-17-23/h2-7,10,17-18H,8-9,11-16H2,1H3. The van der Waals surface area contributed by atoms with Gasteiger partial charge in [-0.25, -0.2) is 9.78 Å². The van der Waals surface area contributed by atoms with E-state index in [-0.39, 0.29) is 6.09 Å². The summed E-state index contributed by atoms with van der Waals surface area (Å²) < 4.78 is 11.2. The van der Waals surface area contributed by atoms with E-state index in [4.69, 9.17) is 9.47 Å². The number of carbonyl (C=O) groups is 1. The summed E-state index contributed by atoms with van der Waals surface area (Å²) in [5, 5.41) is 3.24. The Kier molecular flexibility index (Phi) is 7.68. The zero-order valence-electron chi connectivity index (χ0n) is 18.3. The quantitative estimate of drug-likeness (QED) is 0.518. The largest absolute Gasteiger partial charge is 0.492 e. The fourth-order valence-electron chi connectivity index (χ4n) is 3.56. The van der Waals surface area contributed by atoms with Gasteiger partial charge in [0.2, 0.25) is 0 Å². The maximum Gasteiger partial charge on any atom is 0.415 e. The lowest BCUT2D eigenvalue weighted by Gasteiger charge is -2.33. The van der Waals surface area contributed by atoms with Crippen LogP contribution in [0.15, 0.2) is 54.2 Å². The Hall–Kier alpha value is -2.97. The number of nitrogens with zero attached hydrogens (tertiary/aromatic N) is 4. The van der Waals surface area contributed by atoms with Crippen LogP contribution in [0.1, 0.15) is 16.3 Å². The number of amides is 1. The Morgan fingerprint density at radius 2 is 1.88 bits per heavy atom. The average molecular weight is 453 g/mol. The number of piperazine rings is 1. The van der Waals surface area contributed by atoms with Crippen LogP contribution < -0.4 is 9.47 Å². The van der Waals surface area contributed by atoms with Crippen molar-refractivity contribution in [2.24, 2.45) is 0 Å². The number of carbonyl (C=O) groups excluding carboxylic acids is 1. The molecule has 0 saturated carbocycles. The third kappa shape index (κ3) is 6.51. The van der Waals surface area contributed by atoms with Crippen molar-refractivity contribution in [2.45, 2.75) is 19.8 Å². The van der Waals surface area contributed by atoms with Gasteiger partial charge in [-0.1, -0.05) is 12.1 Å². The minimum Gasteiger partial charge on any atom is -0.492 e. The molecule has 8 heteroatoms. The molecule has 3 heterocycles. The number of hydrogen-bond acceptors (Lipinski definition) is 7. The Bertz CT molecular complexity index is 986. The van der Waals surface area contributed by atoms with Gasteiger partial charge in [-0.05, 0) is 36.8 Å². The lowest BCUT2D eigenvalue weighted by molar-refractivity contribution is 0.111. The zero-order chi connectivity index (χ0) is 22.2. The highest BCUT2D eigenvalue weighted by Crippen LogP contribution is 2.16. The number of ether oxygens (including phenoxy) is 2. The topological polar surface area (TPSA) is 67.8 Å². The van der Waals surface area contributed by atoms with Crippen molar-refractivity contribution in [3.05, 3.63) is 70.4 Å². The number of aryl methyl sites for hydroxylation is 1. The van der Waals surface area contributed by atoms with E-state index in [1.807, 2.05) is 43.3 Å². The minimum atomic E-state index is -0.285. The van der Waals surface area contributed by atoms with Gasteiger partial charge in [-0.15, -0.1) is 11.3 Å². The molecule has 7 nitrogen and oxygen atoms in total. The van der Waals surface area contributed by atoms with Crippen molar-refractivity contribution in [2.75, 3.05) is 39.3 Å². The molecular formula is C24H28N4O3S. The van der Waals surface area contributed by atoms with Crippen molar-refractivity contribution in [1.29, 1.82) is 0 Å². The molecule has 1 fully saturated rings. The van der Waals surface area contributed by atoms with E-state index < -0.39 is 0 Å². The second-order valence-electron chi connectivity index (χ2n) is 7.74. The first-order chi connectivity index (χ1) is 15.7. The van der Waals surface area contributed by atoms with Crippen LogP contribution in [0, 0.1) is 6.92 Å². The van der Waals surface area contributed by atoms with Crippen LogP contribution in [0.25, 0.3) is 0 Å². The lowest BCUT2D eigenvalue weighted by atomic mass is 10.1. The van der Waals surface area contributed by atoms with E-state index in [1.54, 1.807) is 28.6 Å². The Balaban J connectivity index is 1.16. The van der Waals surface area contributed by atoms with Gasteiger partial charge in [0.1, 0.15) is 11.5 Å². The summed E-state index contributed by atoms with van der Waals surface area (Å²) in [4.78, 5) is 25.2. The molecule has 1 saturated heterocycles. The van der Waals surface area contributed by atoms with E-state index >= 15 is 0 Å². The van der Waals surface area contributed by atoms with Gasteiger partial charge in [0.25, 0.3) is 0 Å². The van der Waals surface area contributed by atoms with Gasteiger partial charge in [0, 0.05) is 57.1 Å². The van der Waals surface area contributed by atoms with E-state index in [2.05, 4.69) is 20.2 Å².